The highest BCUT2D eigenvalue weighted by molar-refractivity contribution is 7.19. The van der Waals surface area contributed by atoms with Crippen LogP contribution in [0.4, 0.5) is 0 Å². The second-order valence-corrected chi connectivity index (χ2v) is 7.54. The van der Waals surface area contributed by atoms with Crippen molar-refractivity contribution in [3.05, 3.63) is 16.8 Å². The molecule has 1 unspecified atom stereocenters. The number of hydrogen-bond acceptors (Lipinski definition) is 6. The van der Waals surface area contributed by atoms with Gasteiger partial charge in [-0.15, -0.1) is 11.3 Å². The van der Waals surface area contributed by atoms with Gasteiger partial charge in [0, 0.05) is 16.8 Å². The minimum atomic E-state index is -0.0212. The van der Waals surface area contributed by atoms with E-state index >= 15 is 0 Å². The first-order valence-electron chi connectivity index (χ1n) is 8.35. The van der Waals surface area contributed by atoms with Crippen LogP contribution >= 0.6 is 11.3 Å². The number of thiophene rings is 1. The maximum Gasteiger partial charge on any atom is 0.225 e. The molecule has 0 aliphatic heterocycles. The van der Waals surface area contributed by atoms with Crippen molar-refractivity contribution < 1.29 is 9.53 Å². The average molecular weight is 331 g/mol. The molecule has 2 aromatic heterocycles. The van der Waals surface area contributed by atoms with Gasteiger partial charge in [-0.25, -0.2) is 9.97 Å². The van der Waals surface area contributed by atoms with Crippen LogP contribution in [0.15, 0.2) is 6.33 Å². The Morgan fingerprint density at radius 1 is 1.26 bits per heavy atom. The van der Waals surface area contributed by atoms with E-state index in [0.717, 1.165) is 60.6 Å². The monoisotopic (exact) mass is 331 g/mol. The van der Waals surface area contributed by atoms with Gasteiger partial charge in [-0.05, 0) is 51.1 Å². The number of carbonyl (C=O) groups is 1. The fourth-order valence-corrected chi connectivity index (χ4v) is 5.05. The highest BCUT2D eigenvalue weighted by atomic mass is 32.1. The lowest BCUT2D eigenvalue weighted by atomic mass is 9.93. The molecule has 122 valence electrons. The molecule has 2 aliphatic carbocycles. The molecule has 0 spiro atoms. The highest BCUT2D eigenvalue weighted by Gasteiger charge is 2.31. The Morgan fingerprint density at radius 2 is 2.09 bits per heavy atom. The summed E-state index contributed by atoms with van der Waals surface area (Å²) in [7, 11) is 2.02. The molecule has 23 heavy (non-hydrogen) atoms. The van der Waals surface area contributed by atoms with Crippen molar-refractivity contribution in [1.82, 2.24) is 15.3 Å². The number of fused-ring (bicyclic) bond motifs is 3. The van der Waals surface area contributed by atoms with Gasteiger partial charge in [-0.3, -0.25) is 0 Å². The Morgan fingerprint density at radius 3 is 2.83 bits per heavy atom. The third kappa shape index (κ3) is 2.64. The Labute approximate surface area is 139 Å². The fourth-order valence-electron chi connectivity index (χ4n) is 3.83. The summed E-state index contributed by atoms with van der Waals surface area (Å²) in [6, 6.07) is 0.602. The molecule has 0 saturated heterocycles. The van der Waals surface area contributed by atoms with Crippen LogP contribution < -0.4 is 10.1 Å². The van der Waals surface area contributed by atoms with Crippen molar-refractivity contribution in [2.24, 2.45) is 0 Å². The topological polar surface area (TPSA) is 64.1 Å². The zero-order chi connectivity index (χ0) is 15.8. The number of carbonyl (C=O) groups excluding carboxylic acids is 1. The van der Waals surface area contributed by atoms with Crippen LogP contribution in [-0.4, -0.2) is 35.4 Å². The van der Waals surface area contributed by atoms with E-state index in [0.29, 0.717) is 11.9 Å². The van der Waals surface area contributed by atoms with Crippen molar-refractivity contribution in [2.75, 3.05) is 7.05 Å². The standard InChI is InChI=1S/C17H21N3O2S/c1-18-11-3-5-12(6-4-11)22-16-15-14-10(8-21)2-7-13(14)23-17(15)20-9-19-16/h8-12,18H,2-7H2,1H3. The second kappa shape index (κ2) is 6.17. The molecule has 6 heteroatoms. The van der Waals surface area contributed by atoms with E-state index in [1.807, 2.05) is 7.05 Å². The van der Waals surface area contributed by atoms with E-state index < -0.39 is 0 Å². The second-order valence-electron chi connectivity index (χ2n) is 6.46. The van der Waals surface area contributed by atoms with Crippen LogP contribution in [0.25, 0.3) is 10.2 Å². The lowest BCUT2D eigenvalue weighted by Crippen LogP contribution is -2.34. The Bertz CT molecular complexity index is 722. The molecule has 2 aliphatic rings. The van der Waals surface area contributed by atoms with Crippen molar-refractivity contribution in [2.45, 2.75) is 56.6 Å². The van der Waals surface area contributed by atoms with Gasteiger partial charge in [0.05, 0.1) is 5.39 Å². The lowest BCUT2D eigenvalue weighted by molar-refractivity contribution is -0.109. The van der Waals surface area contributed by atoms with E-state index in [-0.39, 0.29) is 12.0 Å². The third-order valence-corrected chi connectivity index (χ3v) is 6.32. The zero-order valence-corrected chi connectivity index (χ0v) is 14.1. The van der Waals surface area contributed by atoms with Gasteiger partial charge in [0.1, 0.15) is 23.5 Å². The Kier molecular flexibility index (Phi) is 4.03. The predicted molar refractivity (Wildman–Crippen MR) is 90.3 cm³/mol. The Balaban J connectivity index is 1.64. The minimum absolute atomic E-state index is 0.0212. The van der Waals surface area contributed by atoms with Gasteiger partial charge in [0.15, 0.2) is 0 Å². The molecular formula is C17H21N3O2S. The largest absolute Gasteiger partial charge is 0.474 e. The van der Waals surface area contributed by atoms with Gasteiger partial charge in [0.2, 0.25) is 5.88 Å². The molecule has 5 nitrogen and oxygen atoms in total. The van der Waals surface area contributed by atoms with Crippen molar-refractivity contribution in [3.8, 4) is 5.88 Å². The smallest absolute Gasteiger partial charge is 0.225 e. The molecular weight excluding hydrogens is 310 g/mol. The van der Waals surface area contributed by atoms with Crippen LogP contribution in [0.5, 0.6) is 5.88 Å². The maximum absolute atomic E-state index is 11.4. The average Bonchev–Trinajstić information content (AvgIpc) is 3.14. The van der Waals surface area contributed by atoms with Crippen LogP contribution in [0, 0.1) is 0 Å². The lowest BCUT2D eigenvalue weighted by Gasteiger charge is -2.28. The van der Waals surface area contributed by atoms with Gasteiger partial charge in [0.25, 0.3) is 0 Å². The van der Waals surface area contributed by atoms with E-state index in [1.54, 1.807) is 17.7 Å². The Hall–Kier alpha value is -1.53. The number of nitrogens with zero attached hydrogens (tertiary/aromatic N) is 2. The number of rotatable bonds is 4. The maximum atomic E-state index is 11.4. The molecule has 1 fully saturated rings. The SMILES string of the molecule is CNC1CCC(Oc2ncnc3sc4c(c23)C(C=O)CC4)CC1. The number of nitrogens with one attached hydrogen (secondary N) is 1. The zero-order valence-electron chi connectivity index (χ0n) is 13.2. The summed E-state index contributed by atoms with van der Waals surface area (Å²) < 4.78 is 6.25. The summed E-state index contributed by atoms with van der Waals surface area (Å²) in [5.74, 6) is 0.654. The molecule has 1 N–H and O–H groups in total. The number of aryl methyl sites for hydroxylation is 1. The predicted octanol–water partition coefficient (Wildman–Crippen LogP) is 2.83. The summed E-state index contributed by atoms with van der Waals surface area (Å²) in [5.41, 5.74) is 1.12. The first kappa shape index (κ1) is 15.0. The summed E-state index contributed by atoms with van der Waals surface area (Å²) in [5, 5.41) is 4.33. The molecule has 1 saturated carbocycles. The van der Waals surface area contributed by atoms with Crippen LogP contribution in [0.1, 0.15) is 48.5 Å². The van der Waals surface area contributed by atoms with Gasteiger partial charge in [-0.2, -0.15) is 0 Å². The first-order chi connectivity index (χ1) is 11.3. The molecule has 0 bridgehead atoms. The van der Waals surface area contributed by atoms with Crippen molar-refractivity contribution in [3.63, 3.8) is 0 Å². The van der Waals surface area contributed by atoms with Crippen LogP contribution in [0.3, 0.4) is 0 Å². The number of aromatic nitrogens is 2. The number of ether oxygens (including phenoxy) is 1. The number of aldehydes is 1. The summed E-state index contributed by atoms with van der Waals surface area (Å²) >= 11 is 1.69. The van der Waals surface area contributed by atoms with Crippen molar-refractivity contribution in [1.29, 1.82) is 0 Å². The minimum Gasteiger partial charge on any atom is -0.474 e. The van der Waals surface area contributed by atoms with Crippen molar-refractivity contribution >= 4 is 27.8 Å². The quantitative estimate of drug-likeness (QED) is 0.873. The van der Waals surface area contributed by atoms with Gasteiger partial charge >= 0.3 is 0 Å². The van der Waals surface area contributed by atoms with E-state index in [2.05, 4.69) is 15.3 Å². The van der Waals surface area contributed by atoms with E-state index in [9.17, 15) is 4.79 Å². The molecule has 2 heterocycles. The first-order valence-corrected chi connectivity index (χ1v) is 9.17. The van der Waals surface area contributed by atoms with Crippen LogP contribution in [0.2, 0.25) is 0 Å². The molecule has 0 amide bonds. The summed E-state index contributed by atoms with van der Waals surface area (Å²) in [6.45, 7) is 0. The molecule has 0 aromatic carbocycles. The van der Waals surface area contributed by atoms with E-state index in [4.69, 9.17) is 4.74 Å². The van der Waals surface area contributed by atoms with E-state index in [1.165, 1.54) is 4.88 Å². The molecule has 0 radical (unpaired) electrons. The van der Waals surface area contributed by atoms with Crippen LogP contribution in [-0.2, 0) is 11.2 Å². The summed E-state index contributed by atoms with van der Waals surface area (Å²) in [4.78, 5) is 22.4. The normalized spacial score (nSPS) is 27.1. The van der Waals surface area contributed by atoms with Gasteiger partial charge in [-0.1, -0.05) is 0 Å². The summed E-state index contributed by atoms with van der Waals surface area (Å²) in [6.07, 6.45) is 9.08. The molecule has 1 atom stereocenters. The van der Waals surface area contributed by atoms with Gasteiger partial charge < -0.3 is 14.8 Å². The highest BCUT2D eigenvalue weighted by Crippen LogP contribution is 2.45. The third-order valence-electron chi connectivity index (χ3n) is 5.15. The number of hydrogen-bond donors (Lipinski definition) is 1. The molecule has 4 rings (SSSR count). The fraction of sp³-hybridized carbons (Fsp3) is 0.588. The molecule has 2 aromatic rings.